The Balaban J connectivity index is 1.84. The first-order valence-corrected chi connectivity index (χ1v) is 6.76. The molecule has 0 unspecified atom stereocenters. The van der Waals surface area contributed by atoms with E-state index in [0.717, 1.165) is 30.4 Å². The van der Waals surface area contributed by atoms with Gasteiger partial charge in [-0.3, -0.25) is 0 Å². The van der Waals surface area contributed by atoms with Gasteiger partial charge < -0.3 is 9.15 Å². The molecule has 6 heteroatoms. The SMILES string of the molecule is O=c1oc(OC2CCCCC2)nn1-c1ccccc1F. The summed E-state index contributed by atoms with van der Waals surface area (Å²) < 4.78 is 25.0. The van der Waals surface area contributed by atoms with E-state index in [1.54, 1.807) is 12.1 Å². The second kappa shape index (κ2) is 5.48. The molecule has 1 aromatic heterocycles. The van der Waals surface area contributed by atoms with E-state index in [0.29, 0.717) is 0 Å². The Labute approximate surface area is 115 Å². The van der Waals surface area contributed by atoms with Crippen molar-refractivity contribution in [2.75, 3.05) is 0 Å². The molecule has 106 valence electrons. The van der Waals surface area contributed by atoms with Gasteiger partial charge in [0.1, 0.15) is 17.6 Å². The van der Waals surface area contributed by atoms with Crippen LogP contribution in [0.3, 0.4) is 0 Å². The number of para-hydroxylation sites is 1. The summed E-state index contributed by atoms with van der Waals surface area (Å²) in [5.41, 5.74) is 0.0553. The molecule has 2 aromatic rings. The molecule has 20 heavy (non-hydrogen) atoms. The summed E-state index contributed by atoms with van der Waals surface area (Å²) >= 11 is 0. The van der Waals surface area contributed by atoms with Crippen LogP contribution in [0.5, 0.6) is 6.08 Å². The summed E-state index contributed by atoms with van der Waals surface area (Å²) in [6.45, 7) is 0. The third-order valence-corrected chi connectivity index (χ3v) is 3.43. The van der Waals surface area contributed by atoms with Crippen molar-refractivity contribution in [3.8, 4) is 11.8 Å². The molecule has 0 N–H and O–H groups in total. The lowest BCUT2D eigenvalue weighted by Gasteiger charge is -2.20. The fourth-order valence-electron chi connectivity index (χ4n) is 2.41. The summed E-state index contributed by atoms with van der Waals surface area (Å²) in [4.78, 5) is 11.7. The molecular weight excluding hydrogens is 263 g/mol. The summed E-state index contributed by atoms with van der Waals surface area (Å²) in [6, 6.07) is 5.90. The summed E-state index contributed by atoms with van der Waals surface area (Å²) in [7, 11) is 0. The van der Waals surface area contributed by atoms with Gasteiger partial charge in [-0.25, -0.2) is 9.18 Å². The standard InChI is InChI=1S/C14H15FN2O3/c15-11-8-4-5-9-12(11)17-14(18)20-13(16-17)19-10-6-2-1-3-7-10/h4-5,8-10H,1-3,6-7H2. The van der Waals surface area contributed by atoms with Crippen molar-refractivity contribution in [1.29, 1.82) is 0 Å². The summed E-state index contributed by atoms with van der Waals surface area (Å²) in [5.74, 6) is -1.28. The number of nitrogens with zero attached hydrogens (tertiary/aromatic N) is 2. The number of ether oxygens (including phenoxy) is 1. The smallest absolute Gasteiger partial charge is 0.444 e. The van der Waals surface area contributed by atoms with Gasteiger partial charge >= 0.3 is 11.8 Å². The van der Waals surface area contributed by atoms with Crippen LogP contribution in [0, 0.1) is 5.82 Å². The molecule has 1 saturated carbocycles. The van der Waals surface area contributed by atoms with Crippen LogP contribution in [-0.4, -0.2) is 15.9 Å². The monoisotopic (exact) mass is 278 g/mol. The fourth-order valence-corrected chi connectivity index (χ4v) is 2.41. The molecular formula is C14H15FN2O3. The Morgan fingerprint density at radius 2 is 2.00 bits per heavy atom. The Morgan fingerprint density at radius 1 is 1.25 bits per heavy atom. The second-order valence-electron chi connectivity index (χ2n) is 4.87. The maximum Gasteiger partial charge on any atom is 0.444 e. The van der Waals surface area contributed by atoms with Crippen molar-refractivity contribution in [3.05, 3.63) is 40.6 Å². The van der Waals surface area contributed by atoms with Gasteiger partial charge in [0.05, 0.1) is 0 Å². The summed E-state index contributed by atoms with van der Waals surface area (Å²) in [6.07, 6.45) is 5.19. The molecule has 5 nitrogen and oxygen atoms in total. The lowest BCUT2D eigenvalue weighted by molar-refractivity contribution is 0.111. The van der Waals surface area contributed by atoms with Gasteiger partial charge in [0.25, 0.3) is 0 Å². The maximum atomic E-state index is 13.6. The number of hydrogen-bond donors (Lipinski definition) is 0. The minimum atomic E-state index is -0.749. The van der Waals surface area contributed by atoms with Crippen LogP contribution in [0.2, 0.25) is 0 Å². The van der Waals surface area contributed by atoms with E-state index in [1.807, 2.05) is 0 Å². The van der Waals surface area contributed by atoms with Crippen molar-refractivity contribution >= 4 is 0 Å². The highest BCUT2D eigenvalue weighted by Crippen LogP contribution is 2.22. The van der Waals surface area contributed by atoms with E-state index in [9.17, 15) is 9.18 Å². The molecule has 1 aliphatic rings. The van der Waals surface area contributed by atoms with Gasteiger partial charge in [0, 0.05) is 0 Å². The lowest BCUT2D eigenvalue weighted by Crippen LogP contribution is -2.19. The van der Waals surface area contributed by atoms with Gasteiger partial charge in [0.2, 0.25) is 0 Å². The molecule has 0 bridgehead atoms. The van der Waals surface area contributed by atoms with Crippen LogP contribution in [0.1, 0.15) is 32.1 Å². The van der Waals surface area contributed by atoms with Crippen molar-refractivity contribution < 1.29 is 13.5 Å². The van der Waals surface area contributed by atoms with Crippen LogP contribution in [0.4, 0.5) is 4.39 Å². The number of rotatable bonds is 3. The molecule has 1 aliphatic carbocycles. The first-order valence-electron chi connectivity index (χ1n) is 6.76. The average Bonchev–Trinajstić information content (AvgIpc) is 2.81. The zero-order valence-corrected chi connectivity index (χ0v) is 10.9. The molecule has 1 fully saturated rings. The van der Waals surface area contributed by atoms with E-state index in [4.69, 9.17) is 9.15 Å². The second-order valence-corrected chi connectivity index (χ2v) is 4.87. The average molecular weight is 278 g/mol. The minimum absolute atomic E-state index is 0.0240. The molecule has 3 rings (SSSR count). The quantitative estimate of drug-likeness (QED) is 0.866. The fraction of sp³-hybridized carbons (Fsp3) is 0.429. The predicted octanol–water partition coefficient (Wildman–Crippen LogP) is 2.68. The van der Waals surface area contributed by atoms with E-state index >= 15 is 0 Å². The zero-order chi connectivity index (χ0) is 13.9. The first kappa shape index (κ1) is 12.9. The molecule has 1 heterocycles. The van der Waals surface area contributed by atoms with Crippen LogP contribution >= 0.6 is 0 Å². The molecule has 0 spiro atoms. The molecule has 0 aliphatic heterocycles. The molecule has 0 atom stereocenters. The zero-order valence-electron chi connectivity index (χ0n) is 10.9. The van der Waals surface area contributed by atoms with Crippen LogP contribution in [-0.2, 0) is 0 Å². The van der Waals surface area contributed by atoms with E-state index in [2.05, 4.69) is 5.10 Å². The van der Waals surface area contributed by atoms with Crippen molar-refractivity contribution in [1.82, 2.24) is 9.78 Å². The Bertz CT molecular complexity index is 644. The van der Waals surface area contributed by atoms with E-state index in [1.165, 1.54) is 18.6 Å². The largest absolute Gasteiger partial charge is 0.446 e. The first-order chi connectivity index (χ1) is 9.74. The van der Waals surface area contributed by atoms with Gasteiger partial charge in [-0.1, -0.05) is 23.7 Å². The Kier molecular flexibility index (Phi) is 3.54. The van der Waals surface area contributed by atoms with Crippen molar-refractivity contribution in [3.63, 3.8) is 0 Å². The van der Waals surface area contributed by atoms with Gasteiger partial charge in [-0.2, -0.15) is 4.68 Å². The topological polar surface area (TPSA) is 57.3 Å². The third-order valence-electron chi connectivity index (χ3n) is 3.43. The Morgan fingerprint density at radius 3 is 2.75 bits per heavy atom. The molecule has 0 radical (unpaired) electrons. The number of hydrogen-bond acceptors (Lipinski definition) is 4. The number of aromatic nitrogens is 2. The van der Waals surface area contributed by atoms with Crippen LogP contribution in [0.15, 0.2) is 33.5 Å². The third kappa shape index (κ3) is 2.59. The highest BCUT2D eigenvalue weighted by Gasteiger charge is 2.20. The number of halogens is 1. The molecule has 1 aromatic carbocycles. The molecule has 0 amide bonds. The highest BCUT2D eigenvalue weighted by atomic mass is 19.1. The predicted molar refractivity (Wildman–Crippen MR) is 69.6 cm³/mol. The van der Waals surface area contributed by atoms with Crippen LogP contribution < -0.4 is 10.5 Å². The van der Waals surface area contributed by atoms with E-state index in [-0.39, 0.29) is 17.9 Å². The lowest BCUT2D eigenvalue weighted by atomic mass is 9.98. The van der Waals surface area contributed by atoms with E-state index < -0.39 is 11.6 Å². The summed E-state index contributed by atoms with van der Waals surface area (Å²) in [5, 5.41) is 3.91. The molecule has 0 saturated heterocycles. The minimum Gasteiger partial charge on any atom is -0.446 e. The van der Waals surface area contributed by atoms with Crippen molar-refractivity contribution in [2.45, 2.75) is 38.2 Å². The highest BCUT2D eigenvalue weighted by molar-refractivity contribution is 5.31. The van der Waals surface area contributed by atoms with Gasteiger partial charge in [-0.05, 0) is 37.8 Å². The van der Waals surface area contributed by atoms with Crippen LogP contribution in [0.25, 0.3) is 5.69 Å². The number of benzene rings is 1. The Hall–Kier alpha value is -2.11. The van der Waals surface area contributed by atoms with Gasteiger partial charge in [-0.15, -0.1) is 0 Å². The maximum absolute atomic E-state index is 13.6. The van der Waals surface area contributed by atoms with Crippen molar-refractivity contribution in [2.24, 2.45) is 0 Å². The normalized spacial score (nSPS) is 16.2. The van der Waals surface area contributed by atoms with Gasteiger partial charge in [0.15, 0.2) is 0 Å².